The molecule has 192 valence electrons. The molecule has 2 rings (SSSR count). The van der Waals surface area contributed by atoms with E-state index >= 15 is 0 Å². The van der Waals surface area contributed by atoms with Crippen molar-refractivity contribution in [2.75, 3.05) is 23.7 Å². The minimum absolute atomic E-state index is 0.0874. The normalized spacial score (nSPS) is 12.7. The van der Waals surface area contributed by atoms with E-state index in [1.165, 1.54) is 4.90 Å². The Hall–Kier alpha value is -2.87. The highest BCUT2D eigenvalue weighted by atomic mass is 32.2. The van der Waals surface area contributed by atoms with Gasteiger partial charge in [0, 0.05) is 13.1 Å². The van der Waals surface area contributed by atoms with Crippen LogP contribution in [-0.2, 0) is 31.6 Å². The number of hydrogen-bond donors (Lipinski definition) is 1. The van der Waals surface area contributed by atoms with Crippen molar-refractivity contribution >= 4 is 27.5 Å². The monoisotopic (exact) mass is 501 g/mol. The molecule has 0 unspecified atom stereocenters. The number of likely N-dealkylation sites (N-methyl/N-ethyl adjacent to an activating group) is 1. The molecule has 35 heavy (non-hydrogen) atoms. The maximum atomic E-state index is 13.6. The van der Waals surface area contributed by atoms with E-state index < -0.39 is 28.5 Å². The fraction of sp³-hybridized carbons (Fsp3) is 0.481. The van der Waals surface area contributed by atoms with Crippen LogP contribution in [0.4, 0.5) is 5.69 Å². The molecule has 0 aromatic heterocycles. The van der Waals surface area contributed by atoms with Gasteiger partial charge in [-0.2, -0.15) is 0 Å². The van der Waals surface area contributed by atoms with Gasteiger partial charge in [-0.05, 0) is 48.9 Å². The van der Waals surface area contributed by atoms with Crippen molar-refractivity contribution in [3.63, 3.8) is 0 Å². The fourth-order valence-electron chi connectivity index (χ4n) is 3.96. The van der Waals surface area contributed by atoms with Gasteiger partial charge in [0.15, 0.2) is 0 Å². The molecule has 0 saturated carbocycles. The van der Waals surface area contributed by atoms with E-state index in [2.05, 4.69) is 26.1 Å². The smallest absolute Gasteiger partial charge is 0.244 e. The van der Waals surface area contributed by atoms with Crippen molar-refractivity contribution in [2.45, 2.75) is 66.0 Å². The largest absolute Gasteiger partial charge is 0.355 e. The molecule has 0 saturated heterocycles. The Morgan fingerprint density at radius 3 is 2.14 bits per heavy atom. The summed E-state index contributed by atoms with van der Waals surface area (Å²) in [6.45, 7) is 12.1. The lowest BCUT2D eigenvalue weighted by atomic mass is 9.87. The van der Waals surface area contributed by atoms with Gasteiger partial charge in [-0.3, -0.25) is 13.9 Å². The van der Waals surface area contributed by atoms with Gasteiger partial charge in [0.1, 0.15) is 12.6 Å². The summed E-state index contributed by atoms with van der Waals surface area (Å²) in [5, 5.41) is 2.80. The van der Waals surface area contributed by atoms with Gasteiger partial charge in [-0.1, -0.05) is 69.7 Å². The third-order valence-electron chi connectivity index (χ3n) is 5.87. The summed E-state index contributed by atoms with van der Waals surface area (Å²) in [6.07, 6.45) is 1.49. The highest BCUT2D eigenvalue weighted by Crippen LogP contribution is 2.26. The average molecular weight is 502 g/mol. The average Bonchev–Trinajstić information content (AvgIpc) is 2.76. The SMILES string of the molecule is CCNC(=O)[C@@H](CC)N(Cc1cccc(C)c1)C(=O)CN(c1ccc(C(C)(C)C)cc1)S(C)(=O)=O. The van der Waals surface area contributed by atoms with E-state index in [-0.39, 0.29) is 17.9 Å². The Morgan fingerprint density at radius 2 is 1.66 bits per heavy atom. The molecule has 0 aliphatic carbocycles. The first-order chi connectivity index (χ1) is 16.3. The van der Waals surface area contributed by atoms with Crippen LogP contribution in [0.2, 0.25) is 0 Å². The summed E-state index contributed by atoms with van der Waals surface area (Å²) in [7, 11) is -3.75. The van der Waals surface area contributed by atoms with Crippen molar-refractivity contribution in [3.05, 3.63) is 65.2 Å². The summed E-state index contributed by atoms with van der Waals surface area (Å²) in [6, 6.07) is 14.2. The standard InChI is InChI=1S/C27H39N3O4S/c1-8-24(26(32)28-9-2)29(18-21-12-10-11-20(3)17-21)25(31)19-30(35(7,33)34)23-15-13-22(14-16-23)27(4,5)6/h10-17,24H,8-9,18-19H2,1-7H3,(H,28,32)/t24-/m1/s1. The van der Waals surface area contributed by atoms with Crippen LogP contribution in [0.5, 0.6) is 0 Å². The molecule has 1 atom stereocenters. The summed E-state index contributed by atoms with van der Waals surface area (Å²) in [4.78, 5) is 28.0. The Kier molecular flexibility index (Phi) is 9.49. The number of aryl methyl sites for hydroxylation is 1. The number of nitrogens with zero attached hydrogens (tertiary/aromatic N) is 2. The van der Waals surface area contributed by atoms with Crippen molar-refractivity contribution in [1.29, 1.82) is 0 Å². The molecule has 2 aromatic carbocycles. The number of carbonyl (C=O) groups excluding carboxylic acids is 2. The van der Waals surface area contributed by atoms with E-state index in [9.17, 15) is 18.0 Å². The Labute approximate surface area is 210 Å². The lowest BCUT2D eigenvalue weighted by Crippen LogP contribution is -2.52. The van der Waals surface area contributed by atoms with Crippen LogP contribution in [0.25, 0.3) is 0 Å². The van der Waals surface area contributed by atoms with Crippen molar-refractivity contribution in [1.82, 2.24) is 10.2 Å². The lowest BCUT2D eigenvalue weighted by Gasteiger charge is -2.33. The summed E-state index contributed by atoms with van der Waals surface area (Å²) >= 11 is 0. The number of hydrogen-bond acceptors (Lipinski definition) is 4. The first kappa shape index (κ1) is 28.4. The number of rotatable bonds is 10. The second kappa shape index (κ2) is 11.7. The minimum atomic E-state index is -3.75. The molecule has 8 heteroatoms. The van der Waals surface area contributed by atoms with E-state index in [0.717, 1.165) is 27.3 Å². The van der Waals surface area contributed by atoms with Gasteiger partial charge < -0.3 is 10.2 Å². The highest BCUT2D eigenvalue weighted by Gasteiger charge is 2.31. The molecule has 0 aliphatic rings. The number of nitrogens with one attached hydrogen (secondary N) is 1. The maximum absolute atomic E-state index is 13.6. The molecule has 0 aliphatic heterocycles. The molecule has 0 bridgehead atoms. The first-order valence-corrected chi connectivity index (χ1v) is 13.8. The van der Waals surface area contributed by atoms with Crippen LogP contribution in [0, 0.1) is 6.92 Å². The lowest BCUT2D eigenvalue weighted by molar-refractivity contribution is -0.140. The summed E-state index contributed by atoms with van der Waals surface area (Å²) in [5.74, 6) is -0.689. The third-order valence-corrected chi connectivity index (χ3v) is 7.01. The second-order valence-corrected chi connectivity index (χ2v) is 11.8. The molecule has 0 fully saturated rings. The van der Waals surface area contributed by atoms with Crippen LogP contribution >= 0.6 is 0 Å². The quantitative estimate of drug-likeness (QED) is 0.533. The molecule has 7 nitrogen and oxygen atoms in total. The predicted molar refractivity (Wildman–Crippen MR) is 142 cm³/mol. The summed E-state index contributed by atoms with van der Waals surface area (Å²) in [5.41, 5.74) is 3.30. The van der Waals surface area contributed by atoms with Gasteiger partial charge in [-0.25, -0.2) is 8.42 Å². The fourth-order valence-corrected chi connectivity index (χ4v) is 4.81. The molecule has 0 radical (unpaired) electrons. The number of amides is 2. The van der Waals surface area contributed by atoms with E-state index in [1.54, 1.807) is 12.1 Å². The topological polar surface area (TPSA) is 86.8 Å². The van der Waals surface area contributed by atoms with Crippen LogP contribution in [0.15, 0.2) is 48.5 Å². The third kappa shape index (κ3) is 7.82. The second-order valence-electron chi connectivity index (χ2n) is 9.90. The predicted octanol–water partition coefficient (Wildman–Crippen LogP) is 4.00. The molecular formula is C27H39N3O4S. The molecule has 0 spiro atoms. The number of carbonyl (C=O) groups is 2. The van der Waals surface area contributed by atoms with Crippen LogP contribution in [0.1, 0.15) is 57.7 Å². The van der Waals surface area contributed by atoms with E-state index in [4.69, 9.17) is 0 Å². The minimum Gasteiger partial charge on any atom is -0.355 e. The number of sulfonamides is 1. The summed E-state index contributed by atoms with van der Waals surface area (Å²) < 4.78 is 26.6. The van der Waals surface area contributed by atoms with Gasteiger partial charge in [-0.15, -0.1) is 0 Å². The zero-order chi connectivity index (χ0) is 26.4. The number of benzene rings is 2. The van der Waals surface area contributed by atoms with Gasteiger partial charge in [0.05, 0.1) is 11.9 Å². The van der Waals surface area contributed by atoms with E-state index in [0.29, 0.717) is 18.7 Å². The Morgan fingerprint density at radius 1 is 1.03 bits per heavy atom. The van der Waals surface area contributed by atoms with Crippen molar-refractivity contribution in [3.8, 4) is 0 Å². The zero-order valence-electron chi connectivity index (χ0n) is 22.0. The molecule has 0 heterocycles. The van der Waals surface area contributed by atoms with Crippen LogP contribution in [0.3, 0.4) is 0 Å². The maximum Gasteiger partial charge on any atom is 0.244 e. The van der Waals surface area contributed by atoms with Crippen molar-refractivity contribution < 1.29 is 18.0 Å². The van der Waals surface area contributed by atoms with Gasteiger partial charge >= 0.3 is 0 Å². The first-order valence-electron chi connectivity index (χ1n) is 12.0. The number of anilines is 1. The molecule has 1 N–H and O–H groups in total. The Balaban J connectivity index is 2.44. The van der Waals surface area contributed by atoms with Gasteiger partial charge in [0.2, 0.25) is 21.8 Å². The molecular weight excluding hydrogens is 462 g/mol. The molecule has 2 aromatic rings. The van der Waals surface area contributed by atoms with Crippen molar-refractivity contribution in [2.24, 2.45) is 0 Å². The highest BCUT2D eigenvalue weighted by molar-refractivity contribution is 7.92. The molecule has 2 amide bonds. The van der Waals surface area contributed by atoms with Crippen LogP contribution < -0.4 is 9.62 Å². The van der Waals surface area contributed by atoms with Gasteiger partial charge in [0.25, 0.3) is 0 Å². The Bertz CT molecular complexity index is 1120. The van der Waals surface area contributed by atoms with E-state index in [1.807, 2.05) is 57.2 Å². The zero-order valence-corrected chi connectivity index (χ0v) is 22.8. The van der Waals surface area contributed by atoms with Crippen LogP contribution in [-0.4, -0.2) is 50.5 Å².